The van der Waals surface area contributed by atoms with Crippen molar-refractivity contribution in [3.63, 3.8) is 0 Å². The number of benzene rings is 2. The zero-order chi connectivity index (χ0) is 24.7. The van der Waals surface area contributed by atoms with Crippen molar-refractivity contribution in [2.45, 2.75) is 6.18 Å². The number of aromatic nitrogens is 2. The van der Waals surface area contributed by atoms with Crippen LogP contribution in [-0.4, -0.2) is 49.2 Å². The largest absolute Gasteiger partial charge is 0.493 e. The predicted molar refractivity (Wildman–Crippen MR) is 116 cm³/mol. The monoisotopic (exact) mass is 478 g/mol. The van der Waals surface area contributed by atoms with Crippen molar-refractivity contribution in [1.29, 1.82) is 0 Å². The van der Waals surface area contributed by atoms with E-state index in [9.17, 15) is 22.8 Å². The Morgan fingerprint density at radius 3 is 2.38 bits per heavy atom. The summed E-state index contributed by atoms with van der Waals surface area (Å²) in [7, 11) is 2.79. The SMILES string of the molecule is COCCOC(=O)Nc1cccc(NC(=O)c2nn(-c3cccc(C(F)(F)F)c3)cc2OC)c1. The first-order valence-electron chi connectivity index (χ1n) is 9.86. The molecule has 1 aromatic heterocycles. The number of hydrogen-bond acceptors (Lipinski definition) is 6. The third-order valence-electron chi connectivity index (χ3n) is 4.44. The van der Waals surface area contributed by atoms with Gasteiger partial charge in [-0.2, -0.15) is 18.3 Å². The lowest BCUT2D eigenvalue weighted by Crippen LogP contribution is -2.17. The number of halogens is 3. The van der Waals surface area contributed by atoms with Gasteiger partial charge >= 0.3 is 12.3 Å². The molecule has 0 bridgehead atoms. The van der Waals surface area contributed by atoms with E-state index in [1.807, 2.05) is 0 Å². The highest BCUT2D eigenvalue weighted by atomic mass is 19.4. The Kier molecular flexibility index (Phi) is 7.74. The first kappa shape index (κ1) is 24.6. The van der Waals surface area contributed by atoms with E-state index in [0.717, 1.165) is 16.8 Å². The van der Waals surface area contributed by atoms with Gasteiger partial charge in [-0.1, -0.05) is 12.1 Å². The first-order valence-corrected chi connectivity index (χ1v) is 9.86. The molecule has 1 heterocycles. The number of hydrogen-bond donors (Lipinski definition) is 2. The number of rotatable bonds is 8. The van der Waals surface area contributed by atoms with Gasteiger partial charge < -0.3 is 19.5 Å². The maximum atomic E-state index is 13.0. The number of carbonyl (C=O) groups excluding carboxylic acids is 2. The van der Waals surface area contributed by atoms with E-state index in [2.05, 4.69) is 15.7 Å². The maximum Gasteiger partial charge on any atom is 0.416 e. The summed E-state index contributed by atoms with van der Waals surface area (Å²) in [5.41, 5.74) is -0.199. The molecule has 0 saturated heterocycles. The molecule has 3 rings (SSSR count). The minimum atomic E-state index is -4.53. The topological polar surface area (TPSA) is 104 Å². The molecule has 2 N–H and O–H groups in total. The van der Waals surface area contributed by atoms with Gasteiger partial charge in [0, 0.05) is 18.5 Å². The number of nitrogens with one attached hydrogen (secondary N) is 2. The summed E-state index contributed by atoms with van der Waals surface area (Å²) in [6, 6.07) is 10.8. The van der Waals surface area contributed by atoms with Gasteiger partial charge in [-0.3, -0.25) is 10.1 Å². The van der Waals surface area contributed by atoms with Gasteiger partial charge in [0.2, 0.25) is 0 Å². The van der Waals surface area contributed by atoms with E-state index in [1.165, 1.54) is 38.6 Å². The highest BCUT2D eigenvalue weighted by Crippen LogP contribution is 2.31. The fourth-order valence-electron chi connectivity index (χ4n) is 2.86. The summed E-state index contributed by atoms with van der Waals surface area (Å²) < 4.78 is 55.1. The van der Waals surface area contributed by atoms with Crippen LogP contribution in [0, 0.1) is 0 Å². The Labute approximate surface area is 192 Å². The van der Waals surface area contributed by atoms with Crippen LogP contribution in [0.5, 0.6) is 5.75 Å². The minimum Gasteiger partial charge on any atom is -0.493 e. The quantitative estimate of drug-likeness (QED) is 0.467. The van der Waals surface area contributed by atoms with Crippen LogP contribution in [0.2, 0.25) is 0 Å². The van der Waals surface area contributed by atoms with E-state index in [1.54, 1.807) is 18.2 Å². The molecule has 0 unspecified atom stereocenters. The summed E-state index contributed by atoms with van der Waals surface area (Å²) in [5.74, 6) is -0.603. The molecule has 0 fully saturated rings. The number of alkyl halides is 3. The van der Waals surface area contributed by atoms with Crippen molar-refractivity contribution in [3.8, 4) is 11.4 Å². The standard InChI is InChI=1S/C22H21F3N4O5/c1-32-9-10-34-21(31)27-16-7-4-6-15(12-16)26-20(30)19-18(33-2)13-29(28-19)17-8-3-5-14(11-17)22(23,24)25/h3-8,11-13H,9-10H2,1-2H3,(H,26,30)(H,27,31). The fourth-order valence-corrected chi connectivity index (χ4v) is 2.86. The molecule has 0 spiro atoms. The smallest absolute Gasteiger partial charge is 0.416 e. The molecule has 3 aromatic rings. The molecule has 0 aliphatic rings. The van der Waals surface area contributed by atoms with Crippen LogP contribution in [0.1, 0.15) is 16.1 Å². The highest BCUT2D eigenvalue weighted by molar-refractivity contribution is 6.05. The number of anilines is 2. The molecular formula is C22H21F3N4O5. The number of methoxy groups -OCH3 is 2. The summed E-state index contributed by atoms with van der Waals surface area (Å²) >= 11 is 0. The molecule has 0 radical (unpaired) electrons. The van der Waals surface area contributed by atoms with Gasteiger partial charge in [-0.25, -0.2) is 9.48 Å². The van der Waals surface area contributed by atoms with Crippen LogP contribution in [0.4, 0.5) is 29.3 Å². The summed E-state index contributed by atoms with van der Waals surface area (Å²) in [4.78, 5) is 24.6. The molecule has 34 heavy (non-hydrogen) atoms. The van der Waals surface area contributed by atoms with Crippen molar-refractivity contribution in [2.75, 3.05) is 38.1 Å². The summed E-state index contributed by atoms with van der Waals surface area (Å²) in [6.07, 6.45) is -3.91. The molecule has 0 saturated carbocycles. The molecular weight excluding hydrogens is 457 g/mol. The Balaban J connectivity index is 1.76. The average Bonchev–Trinajstić information content (AvgIpc) is 3.24. The Morgan fingerprint density at radius 2 is 1.71 bits per heavy atom. The lowest BCUT2D eigenvalue weighted by atomic mass is 10.2. The molecule has 2 aromatic carbocycles. The van der Waals surface area contributed by atoms with Crippen LogP contribution < -0.4 is 15.4 Å². The van der Waals surface area contributed by atoms with Gasteiger partial charge in [0.1, 0.15) is 6.61 Å². The first-order chi connectivity index (χ1) is 16.2. The van der Waals surface area contributed by atoms with Gasteiger partial charge in [0.15, 0.2) is 11.4 Å². The molecule has 0 aliphatic heterocycles. The maximum absolute atomic E-state index is 13.0. The second-order valence-corrected chi connectivity index (χ2v) is 6.83. The molecule has 0 atom stereocenters. The zero-order valence-electron chi connectivity index (χ0n) is 18.2. The third kappa shape index (κ3) is 6.25. The van der Waals surface area contributed by atoms with E-state index < -0.39 is 23.7 Å². The van der Waals surface area contributed by atoms with Crippen molar-refractivity contribution in [2.24, 2.45) is 0 Å². The number of carbonyl (C=O) groups is 2. The second kappa shape index (κ2) is 10.7. The molecule has 180 valence electrons. The molecule has 0 aliphatic carbocycles. The lowest BCUT2D eigenvalue weighted by molar-refractivity contribution is -0.137. The summed E-state index contributed by atoms with van der Waals surface area (Å²) in [6.45, 7) is 0.325. The minimum absolute atomic E-state index is 0.0610. The lowest BCUT2D eigenvalue weighted by Gasteiger charge is -2.09. The van der Waals surface area contributed by atoms with E-state index in [-0.39, 0.29) is 30.3 Å². The van der Waals surface area contributed by atoms with Crippen molar-refractivity contribution < 1.29 is 37.0 Å². The molecule has 12 heteroatoms. The van der Waals surface area contributed by atoms with E-state index >= 15 is 0 Å². The summed E-state index contributed by atoms with van der Waals surface area (Å²) in [5, 5.41) is 9.22. The Bertz CT molecular complexity index is 1160. The predicted octanol–water partition coefficient (Wildman–Crippen LogP) is 4.35. The van der Waals surface area contributed by atoms with Crippen LogP contribution in [0.25, 0.3) is 5.69 Å². The Morgan fingerprint density at radius 1 is 1.00 bits per heavy atom. The fraction of sp³-hybridized carbons (Fsp3) is 0.227. The normalized spacial score (nSPS) is 11.1. The van der Waals surface area contributed by atoms with E-state index in [4.69, 9.17) is 14.2 Å². The van der Waals surface area contributed by atoms with Crippen molar-refractivity contribution >= 4 is 23.4 Å². The van der Waals surface area contributed by atoms with Gasteiger partial charge in [-0.15, -0.1) is 0 Å². The molecule has 2 amide bonds. The zero-order valence-corrected chi connectivity index (χ0v) is 18.2. The van der Waals surface area contributed by atoms with Crippen molar-refractivity contribution in [1.82, 2.24) is 9.78 Å². The van der Waals surface area contributed by atoms with Gasteiger partial charge in [-0.05, 0) is 36.4 Å². The van der Waals surface area contributed by atoms with Gasteiger partial charge in [0.05, 0.1) is 31.2 Å². The third-order valence-corrected chi connectivity index (χ3v) is 4.44. The number of ether oxygens (including phenoxy) is 3. The van der Waals surface area contributed by atoms with Crippen molar-refractivity contribution in [3.05, 3.63) is 66.0 Å². The van der Waals surface area contributed by atoms with Crippen LogP contribution >= 0.6 is 0 Å². The average molecular weight is 478 g/mol. The second-order valence-electron chi connectivity index (χ2n) is 6.83. The van der Waals surface area contributed by atoms with Crippen LogP contribution in [-0.2, 0) is 15.7 Å². The van der Waals surface area contributed by atoms with E-state index in [0.29, 0.717) is 11.4 Å². The Hall–Kier alpha value is -4.06. The molecule has 9 nitrogen and oxygen atoms in total. The number of nitrogens with zero attached hydrogens (tertiary/aromatic N) is 2. The number of amides is 2. The highest BCUT2D eigenvalue weighted by Gasteiger charge is 2.30. The van der Waals surface area contributed by atoms with Gasteiger partial charge in [0.25, 0.3) is 5.91 Å². The van der Waals surface area contributed by atoms with Crippen LogP contribution in [0.3, 0.4) is 0 Å². The van der Waals surface area contributed by atoms with Crippen LogP contribution in [0.15, 0.2) is 54.7 Å².